The third kappa shape index (κ3) is 2.72. The molecular weight excluding hydrogens is 416 g/mol. The first-order valence-corrected chi connectivity index (χ1v) is 11.4. The Bertz CT molecular complexity index is 1750. The molecule has 7 aromatic rings. The summed E-state index contributed by atoms with van der Waals surface area (Å²) in [5.41, 5.74) is 4.29. The van der Waals surface area contributed by atoms with E-state index in [-0.39, 0.29) is 0 Å². The molecule has 0 unspecified atom stereocenters. The molecule has 0 aliphatic rings. The topological polar surface area (TPSA) is 35.6 Å². The normalized spacial score (nSPS) is 11.5. The second-order valence-electron chi connectivity index (χ2n) is 8.39. The second kappa shape index (κ2) is 7.42. The van der Waals surface area contributed by atoms with Gasteiger partial charge in [-0.15, -0.1) is 10.2 Å². The monoisotopic (exact) mass is 436 g/mol. The van der Waals surface area contributed by atoms with Gasteiger partial charge in [0.25, 0.3) is 0 Å². The molecule has 0 saturated carbocycles. The van der Waals surface area contributed by atoms with Gasteiger partial charge in [0.2, 0.25) is 5.95 Å². The summed E-state index contributed by atoms with van der Waals surface area (Å²) in [4.78, 5) is 0. The number of benzene rings is 5. The SMILES string of the molecule is c1ccc(-c2nnc(-n3c4ccccc4c4ccccc43)n2-c2cccc3ccccc23)cc1. The van der Waals surface area contributed by atoms with Crippen molar-refractivity contribution in [1.82, 2.24) is 19.3 Å². The van der Waals surface area contributed by atoms with Gasteiger partial charge in [-0.1, -0.05) is 103 Å². The zero-order valence-corrected chi connectivity index (χ0v) is 18.3. The highest BCUT2D eigenvalue weighted by Gasteiger charge is 2.22. The molecule has 0 aliphatic carbocycles. The predicted octanol–water partition coefficient (Wildman–Crippen LogP) is 7.18. The molecular formula is C30H20N4. The lowest BCUT2D eigenvalue weighted by molar-refractivity contribution is 0.937. The van der Waals surface area contributed by atoms with E-state index in [0.29, 0.717) is 0 Å². The third-order valence-electron chi connectivity index (χ3n) is 6.47. The first-order chi connectivity index (χ1) is 16.9. The van der Waals surface area contributed by atoms with E-state index in [4.69, 9.17) is 10.2 Å². The summed E-state index contributed by atoms with van der Waals surface area (Å²) in [5.74, 6) is 1.58. The maximum Gasteiger partial charge on any atom is 0.241 e. The maximum absolute atomic E-state index is 4.79. The first kappa shape index (κ1) is 18.8. The molecule has 0 bridgehead atoms. The van der Waals surface area contributed by atoms with Crippen molar-refractivity contribution in [3.8, 4) is 23.0 Å². The van der Waals surface area contributed by atoms with Crippen LogP contribution in [0.4, 0.5) is 0 Å². The Labute approximate surface area is 196 Å². The standard InChI is InChI=1S/C30H20N4/c1-2-12-22(13-3-1)29-31-32-30(34(29)26-20-10-14-21-11-4-5-15-23(21)26)33-27-18-8-6-16-24(27)25-17-7-9-19-28(25)33/h1-20H. The van der Waals surface area contributed by atoms with Crippen LogP contribution in [-0.2, 0) is 0 Å². The van der Waals surface area contributed by atoms with E-state index in [9.17, 15) is 0 Å². The second-order valence-corrected chi connectivity index (χ2v) is 8.39. The Balaban J connectivity index is 1.64. The molecule has 2 aromatic heterocycles. The number of hydrogen-bond donors (Lipinski definition) is 0. The van der Waals surface area contributed by atoms with Crippen LogP contribution in [0.3, 0.4) is 0 Å². The summed E-state index contributed by atoms with van der Waals surface area (Å²) in [6.07, 6.45) is 0. The van der Waals surface area contributed by atoms with Crippen LogP contribution in [0.1, 0.15) is 0 Å². The predicted molar refractivity (Wildman–Crippen MR) is 139 cm³/mol. The number of rotatable bonds is 3. The fourth-order valence-electron chi connectivity index (χ4n) is 4.96. The van der Waals surface area contributed by atoms with Crippen LogP contribution in [0.5, 0.6) is 0 Å². The fourth-order valence-corrected chi connectivity index (χ4v) is 4.96. The van der Waals surface area contributed by atoms with Crippen LogP contribution in [0, 0.1) is 0 Å². The Kier molecular flexibility index (Phi) is 4.11. The highest BCUT2D eigenvalue weighted by atomic mass is 15.4. The number of para-hydroxylation sites is 2. The van der Waals surface area contributed by atoms with Crippen LogP contribution in [-0.4, -0.2) is 19.3 Å². The summed E-state index contributed by atoms with van der Waals surface area (Å²) >= 11 is 0. The highest BCUT2D eigenvalue weighted by Crippen LogP contribution is 2.35. The van der Waals surface area contributed by atoms with E-state index in [1.54, 1.807) is 0 Å². The highest BCUT2D eigenvalue weighted by molar-refractivity contribution is 6.09. The van der Waals surface area contributed by atoms with E-state index >= 15 is 0 Å². The van der Waals surface area contributed by atoms with Gasteiger partial charge in [-0.2, -0.15) is 0 Å². The lowest BCUT2D eigenvalue weighted by atomic mass is 10.1. The van der Waals surface area contributed by atoms with Crippen LogP contribution in [0.2, 0.25) is 0 Å². The zero-order valence-electron chi connectivity index (χ0n) is 18.3. The molecule has 2 heterocycles. The Morgan fingerprint density at radius 2 is 1.03 bits per heavy atom. The summed E-state index contributed by atoms with van der Waals surface area (Å²) in [6, 6.07) is 42.1. The van der Waals surface area contributed by atoms with E-state index < -0.39 is 0 Å². The van der Waals surface area contributed by atoms with Crippen LogP contribution in [0.15, 0.2) is 121 Å². The summed E-state index contributed by atoms with van der Waals surface area (Å²) in [6.45, 7) is 0. The van der Waals surface area contributed by atoms with Crippen molar-refractivity contribution in [2.45, 2.75) is 0 Å². The number of aromatic nitrogens is 4. The Hall–Kier alpha value is -4.70. The molecule has 0 fully saturated rings. The summed E-state index contributed by atoms with van der Waals surface area (Å²) in [7, 11) is 0. The van der Waals surface area contributed by atoms with Crippen molar-refractivity contribution in [1.29, 1.82) is 0 Å². The molecule has 7 rings (SSSR count). The van der Waals surface area contributed by atoms with E-state index in [1.807, 2.05) is 18.2 Å². The molecule has 34 heavy (non-hydrogen) atoms. The molecule has 0 spiro atoms. The first-order valence-electron chi connectivity index (χ1n) is 11.4. The minimum Gasteiger partial charge on any atom is -0.278 e. The van der Waals surface area contributed by atoms with Gasteiger partial charge >= 0.3 is 0 Å². The fraction of sp³-hybridized carbons (Fsp3) is 0. The quantitative estimate of drug-likeness (QED) is 0.294. The van der Waals surface area contributed by atoms with Gasteiger partial charge in [0, 0.05) is 21.7 Å². The van der Waals surface area contributed by atoms with Crippen LogP contribution >= 0.6 is 0 Å². The average Bonchev–Trinajstić information content (AvgIpc) is 3.48. The number of hydrogen-bond acceptors (Lipinski definition) is 2. The Morgan fingerprint density at radius 3 is 1.76 bits per heavy atom. The van der Waals surface area contributed by atoms with Crippen molar-refractivity contribution in [2.24, 2.45) is 0 Å². The van der Waals surface area contributed by atoms with Gasteiger partial charge in [0.1, 0.15) is 0 Å². The smallest absolute Gasteiger partial charge is 0.241 e. The molecule has 0 radical (unpaired) electrons. The number of fused-ring (bicyclic) bond motifs is 4. The molecule has 160 valence electrons. The van der Waals surface area contributed by atoms with Crippen molar-refractivity contribution in [3.63, 3.8) is 0 Å². The van der Waals surface area contributed by atoms with E-state index in [2.05, 4.69) is 112 Å². The number of nitrogens with zero attached hydrogens (tertiary/aromatic N) is 4. The van der Waals surface area contributed by atoms with Crippen molar-refractivity contribution >= 4 is 32.6 Å². The summed E-state index contributed by atoms with van der Waals surface area (Å²) in [5, 5.41) is 14.3. The van der Waals surface area contributed by atoms with Crippen molar-refractivity contribution < 1.29 is 0 Å². The molecule has 0 amide bonds. The van der Waals surface area contributed by atoms with Gasteiger partial charge in [-0.25, -0.2) is 0 Å². The van der Waals surface area contributed by atoms with Crippen LogP contribution in [0.25, 0.3) is 55.6 Å². The molecule has 0 aliphatic heterocycles. The van der Waals surface area contributed by atoms with Gasteiger partial charge in [0.15, 0.2) is 5.82 Å². The van der Waals surface area contributed by atoms with Gasteiger partial charge in [-0.05, 0) is 23.6 Å². The molecule has 5 aromatic carbocycles. The minimum absolute atomic E-state index is 0.771. The third-order valence-corrected chi connectivity index (χ3v) is 6.47. The molecule has 0 N–H and O–H groups in total. The van der Waals surface area contributed by atoms with E-state index in [0.717, 1.165) is 39.4 Å². The molecule has 0 saturated heterocycles. The van der Waals surface area contributed by atoms with Crippen LogP contribution < -0.4 is 0 Å². The summed E-state index contributed by atoms with van der Waals surface area (Å²) < 4.78 is 4.42. The van der Waals surface area contributed by atoms with Crippen molar-refractivity contribution in [2.75, 3.05) is 0 Å². The zero-order chi connectivity index (χ0) is 22.5. The van der Waals surface area contributed by atoms with Crippen molar-refractivity contribution in [3.05, 3.63) is 121 Å². The Morgan fingerprint density at radius 1 is 0.441 bits per heavy atom. The maximum atomic E-state index is 4.79. The average molecular weight is 437 g/mol. The molecule has 0 atom stereocenters. The molecule has 4 nitrogen and oxygen atoms in total. The largest absolute Gasteiger partial charge is 0.278 e. The minimum atomic E-state index is 0.771. The van der Waals surface area contributed by atoms with Gasteiger partial charge < -0.3 is 0 Å². The van der Waals surface area contributed by atoms with Gasteiger partial charge in [-0.3, -0.25) is 9.13 Å². The lowest BCUT2D eigenvalue weighted by Crippen LogP contribution is -2.07. The lowest BCUT2D eigenvalue weighted by Gasteiger charge is -2.15. The van der Waals surface area contributed by atoms with E-state index in [1.165, 1.54) is 16.2 Å². The molecule has 4 heteroatoms. The van der Waals surface area contributed by atoms with Gasteiger partial charge in [0.05, 0.1) is 16.7 Å².